The van der Waals surface area contributed by atoms with Crippen molar-refractivity contribution < 1.29 is 28.7 Å². The molecule has 15 heteroatoms. The average molecular weight is 817 g/mol. The van der Waals surface area contributed by atoms with Gasteiger partial charge in [0.25, 0.3) is 5.91 Å². The molecule has 3 N–H and O–H groups in total. The van der Waals surface area contributed by atoms with Crippen LogP contribution in [0.1, 0.15) is 88.6 Å². The number of aryl methyl sites for hydroxylation is 1. The Hall–Kier alpha value is -5.73. The van der Waals surface area contributed by atoms with E-state index in [0.717, 1.165) is 54.7 Å². The summed E-state index contributed by atoms with van der Waals surface area (Å²) in [6.07, 6.45) is 15.6. The number of nitrogens with one attached hydrogen (secondary N) is 1. The van der Waals surface area contributed by atoms with Crippen LogP contribution in [0.3, 0.4) is 0 Å². The first kappa shape index (κ1) is 47.6. The summed E-state index contributed by atoms with van der Waals surface area (Å²) in [5, 5.41) is 2.68. The number of carbonyl (C=O) groups is 5. The van der Waals surface area contributed by atoms with Crippen molar-refractivity contribution in [1.82, 2.24) is 34.5 Å². The van der Waals surface area contributed by atoms with Gasteiger partial charge in [-0.05, 0) is 63.8 Å². The number of allylic oxidation sites excluding steroid dienone is 4. The fourth-order valence-electron chi connectivity index (χ4n) is 6.72. The third-order valence-corrected chi connectivity index (χ3v) is 10.2. The molecule has 1 aromatic heterocycles. The van der Waals surface area contributed by atoms with Gasteiger partial charge in [-0.1, -0.05) is 49.8 Å². The Kier molecular flexibility index (Phi) is 21.2. The zero-order chi connectivity index (χ0) is 43.0. The van der Waals surface area contributed by atoms with E-state index in [1.807, 2.05) is 24.3 Å². The molecule has 59 heavy (non-hydrogen) atoms. The van der Waals surface area contributed by atoms with Crippen LogP contribution in [-0.2, 0) is 36.9 Å². The Morgan fingerprint density at radius 1 is 0.932 bits per heavy atom. The zero-order valence-electron chi connectivity index (χ0n) is 35.4. The molecule has 4 amide bonds. The van der Waals surface area contributed by atoms with Gasteiger partial charge in [0.05, 0.1) is 18.9 Å². The topological polar surface area (TPSA) is 180 Å². The smallest absolute Gasteiger partial charge is 0.349 e. The molecule has 2 aromatic rings. The van der Waals surface area contributed by atoms with Crippen LogP contribution in [0, 0.1) is 0 Å². The van der Waals surface area contributed by atoms with Crippen LogP contribution in [0.2, 0.25) is 0 Å². The molecule has 2 heterocycles. The molecule has 0 atom stereocenters. The molecule has 1 saturated heterocycles. The van der Waals surface area contributed by atoms with Crippen molar-refractivity contribution in [3.63, 3.8) is 0 Å². The Morgan fingerprint density at radius 2 is 1.64 bits per heavy atom. The number of nitrogen functional groups attached to an aromatic ring is 1. The summed E-state index contributed by atoms with van der Waals surface area (Å²) < 4.78 is 7.38. The quantitative estimate of drug-likeness (QED) is 0.0645. The highest BCUT2D eigenvalue weighted by atomic mass is 16.5. The van der Waals surface area contributed by atoms with Gasteiger partial charge in [-0.15, -0.1) is 0 Å². The number of aldehydes is 1. The number of unbranched alkanes of at least 4 members (excludes halogenated alkanes) is 1. The highest BCUT2D eigenvalue weighted by molar-refractivity contribution is 5.96. The second-order valence-electron chi connectivity index (χ2n) is 14.2. The zero-order valence-corrected chi connectivity index (χ0v) is 35.4. The minimum atomic E-state index is -0.693. The fourth-order valence-corrected chi connectivity index (χ4v) is 6.72. The molecule has 0 bridgehead atoms. The number of carbonyl (C=O) groups excluding carboxylic acids is 5. The van der Waals surface area contributed by atoms with Crippen LogP contribution in [0.4, 0.5) is 5.82 Å². The van der Waals surface area contributed by atoms with E-state index in [0.29, 0.717) is 57.5 Å². The number of nitrogens with two attached hydrogens (primary N) is 1. The number of hydrogen-bond donors (Lipinski definition) is 2. The van der Waals surface area contributed by atoms with E-state index < -0.39 is 11.6 Å². The average Bonchev–Trinajstić information content (AvgIpc) is 3.24. The lowest BCUT2D eigenvalue weighted by Crippen LogP contribution is -2.50. The predicted molar refractivity (Wildman–Crippen MR) is 229 cm³/mol. The maximum Gasteiger partial charge on any atom is 0.349 e. The molecule has 0 saturated carbocycles. The van der Waals surface area contributed by atoms with Crippen molar-refractivity contribution in [2.24, 2.45) is 0 Å². The van der Waals surface area contributed by atoms with Gasteiger partial charge in [0, 0.05) is 95.5 Å². The van der Waals surface area contributed by atoms with E-state index in [2.05, 4.69) is 67.2 Å². The summed E-state index contributed by atoms with van der Waals surface area (Å²) in [6, 6.07) is 9.07. The van der Waals surface area contributed by atoms with Gasteiger partial charge in [0.1, 0.15) is 18.6 Å². The lowest BCUT2D eigenvalue weighted by atomic mass is 10.0. The van der Waals surface area contributed by atoms with Crippen molar-refractivity contribution in [1.29, 1.82) is 0 Å². The van der Waals surface area contributed by atoms with Gasteiger partial charge in [-0.25, -0.2) is 4.79 Å². The summed E-state index contributed by atoms with van der Waals surface area (Å²) in [5.74, 6) is -0.192. The third kappa shape index (κ3) is 16.2. The standard InChI is InChI=1S/C44H64N8O7/c1-5-9-10-11-14-33-59-37(20-18-36(6-2)48(7-3)8-4)19-17-35-15-12-13-16-38(35)43(57)51-29-27-50(28-30-51)41(55)22-21-40(54)46-24-26-49(31-32-53)42(56)34-52-25-23-39(45)47-44(52)58/h6,10-13,15-16,20,23,25,32H,5,7-9,14,17-19,21-22,24,26-31,33-34H2,1-4H3,(H,46,54)(H2,45,47,58)/b11-10-,36-6+,37-20+. The van der Waals surface area contributed by atoms with Crippen LogP contribution in [0.15, 0.2) is 77.1 Å². The molecule has 1 aliphatic heterocycles. The summed E-state index contributed by atoms with van der Waals surface area (Å²) in [4.78, 5) is 85.9. The molecular weight excluding hydrogens is 753 g/mol. The molecule has 1 aliphatic rings. The monoisotopic (exact) mass is 816 g/mol. The number of rotatable bonds is 25. The lowest BCUT2D eigenvalue weighted by Gasteiger charge is -2.35. The molecule has 15 nitrogen and oxygen atoms in total. The summed E-state index contributed by atoms with van der Waals surface area (Å²) in [5.41, 5.74) is 7.65. The molecule has 0 unspecified atom stereocenters. The molecule has 0 aliphatic carbocycles. The predicted octanol–water partition coefficient (Wildman–Crippen LogP) is 3.95. The van der Waals surface area contributed by atoms with Crippen LogP contribution in [-0.4, -0.2) is 125 Å². The summed E-state index contributed by atoms with van der Waals surface area (Å²) in [6.45, 7) is 12.0. The van der Waals surface area contributed by atoms with Crippen molar-refractivity contribution >= 4 is 35.7 Å². The van der Waals surface area contributed by atoms with E-state index in [1.165, 1.54) is 22.9 Å². The SMILES string of the molecule is C/C=C(\C/C=C(\CCc1ccccc1C(=O)N1CCN(C(=O)CCC(=O)NCCN(CC=O)C(=O)Cn2ccc(N)nc2=O)CC1)OCC/C=C\CCC)N(CC)CC. The van der Waals surface area contributed by atoms with Crippen LogP contribution in [0.25, 0.3) is 0 Å². The normalized spacial score (nSPS) is 13.4. The minimum absolute atomic E-state index is 0.00986. The van der Waals surface area contributed by atoms with Gasteiger partial charge in [0.15, 0.2) is 0 Å². The van der Waals surface area contributed by atoms with Crippen molar-refractivity contribution in [2.75, 3.05) is 71.2 Å². The highest BCUT2D eigenvalue weighted by Crippen LogP contribution is 2.20. The van der Waals surface area contributed by atoms with Crippen molar-refractivity contribution in [3.8, 4) is 0 Å². The summed E-state index contributed by atoms with van der Waals surface area (Å²) in [7, 11) is 0. The number of anilines is 1. The molecule has 322 valence electrons. The first-order chi connectivity index (χ1) is 28.5. The van der Waals surface area contributed by atoms with E-state index in [4.69, 9.17) is 10.5 Å². The Morgan fingerprint density at radius 3 is 2.32 bits per heavy atom. The van der Waals surface area contributed by atoms with E-state index in [-0.39, 0.29) is 62.6 Å². The van der Waals surface area contributed by atoms with Crippen molar-refractivity contribution in [3.05, 3.63) is 93.9 Å². The highest BCUT2D eigenvalue weighted by Gasteiger charge is 2.26. The number of aromatic nitrogens is 2. The number of piperazine rings is 1. The molecule has 1 fully saturated rings. The number of ether oxygens (including phenoxy) is 1. The van der Waals surface area contributed by atoms with Gasteiger partial charge < -0.3 is 40.2 Å². The Labute approximate surface area is 348 Å². The van der Waals surface area contributed by atoms with Crippen LogP contribution >= 0.6 is 0 Å². The molecular formula is C44H64N8O7. The number of benzene rings is 1. The maximum absolute atomic E-state index is 13.8. The van der Waals surface area contributed by atoms with Gasteiger partial charge in [0.2, 0.25) is 17.7 Å². The fraction of sp³-hybridized carbons (Fsp3) is 0.523. The number of amides is 4. The molecule has 0 radical (unpaired) electrons. The molecule has 1 aromatic carbocycles. The third-order valence-electron chi connectivity index (χ3n) is 10.2. The Bertz CT molecular complexity index is 1830. The van der Waals surface area contributed by atoms with Crippen LogP contribution < -0.4 is 16.7 Å². The number of hydrogen-bond acceptors (Lipinski definition) is 10. The Balaban J connectivity index is 1.49. The lowest BCUT2D eigenvalue weighted by molar-refractivity contribution is -0.135. The van der Waals surface area contributed by atoms with Gasteiger partial charge in [-0.3, -0.25) is 23.7 Å². The minimum Gasteiger partial charge on any atom is -0.498 e. The number of nitrogens with zero attached hydrogens (tertiary/aromatic N) is 6. The first-order valence-electron chi connectivity index (χ1n) is 20.9. The van der Waals surface area contributed by atoms with Crippen molar-refractivity contribution in [2.45, 2.75) is 85.6 Å². The van der Waals surface area contributed by atoms with Crippen LogP contribution in [0.5, 0.6) is 0 Å². The first-order valence-corrected chi connectivity index (χ1v) is 20.9. The summed E-state index contributed by atoms with van der Waals surface area (Å²) >= 11 is 0. The van der Waals surface area contributed by atoms with Gasteiger partial charge >= 0.3 is 5.69 Å². The van der Waals surface area contributed by atoms with E-state index >= 15 is 0 Å². The second-order valence-corrected chi connectivity index (χ2v) is 14.2. The van der Waals surface area contributed by atoms with E-state index in [9.17, 15) is 28.8 Å². The van der Waals surface area contributed by atoms with Gasteiger partial charge in [-0.2, -0.15) is 4.98 Å². The molecule has 3 rings (SSSR count). The largest absolute Gasteiger partial charge is 0.498 e. The van der Waals surface area contributed by atoms with E-state index in [1.54, 1.807) is 9.80 Å². The second kappa shape index (κ2) is 26.3. The maximum atomic E-state index is 13.8. The molecule has 0 spiro atoms.